The summed E-state index contributed by atoms with van der Waals surface area (Å²) in [5, 5.41) is 0. The molecule has 0 saturated heterocycles. The van der Waals surface area contributed by atoms with Crippen LogP contribution in [0.5, 0.6) is 0 Å². The molecule has 0 N–H and O–H groups in total. The van der Waals surface area contributed by atoms with Crippen molar-refractivity contribution >= 4 is 5.90 Å². The van der Waals surface area contributed by atoms with Gasteiger partial charge in [0.2, 0.25) is 6.61 Å². The molecule has 0 atom stereocenters. The van der Waals surface area contributed by atoms with Crippen LogP contribution in [0.4, 0.5) is 13.2 Å². The van der Waals surface area contributed by atoms with E-state index in [1.54, 1.807) is 0 Å². The monoisotopic (exact) mass is 137 g/mol. The van der Waals surface area contributed by atoms with Crippen molar-refractivity contribution in [3.63, 3.8) is 0 Å². The normalized spacial score (nSPS) is 19.2. The Morgan fingerprint density at radius 3 is 2.44 bits per heavy atom. The Balaban J connectivity index is 2.61. The maximum Gasteiger partial charge on any atom is 0.468 e. The van der Waals surface area contributed by atoms with Crippen molar-refractivity contribution in [2.24, 2.45) is 4.99 Å². The molecule has 0 unspecified atom stereocenters. The second-order valence-electron chi connectivity index (χ2n) is 1.37. The molecule has 1 heterocycles. The first-order valence-electron chi connectivity index (χ1n) is 2.12. The number of halogens is 3. The molecular formula is C4H2F3NO. The first kappa shape index (κ1) is 6.38. The minimum absolute atomic E-state index is 0.130. The minimum atomic E-state index is -4.45. The van der Waals surface area contributed by atoms with Crippen molar-refractivity contribution in [1.29, 1.82) is 0 Å². The molecule has 0 aromatic carbocycles. The Hall–Kier alpha value is -0.740. The molecule has 1 aliphatic heterocycles. The molecule has 0 fully saturated rings. The molecular weight excluding hydrogens is 135 g/mol. The fourth-order valence-electron chi connectivity index (χ4n) is 0.384. The van der Waals surface area contributed by atoms with E-state index in [2.05, 4.69) is 9.73 Å². The highest BCUT2D eigenvalue weighted by Gasteiger charge is 2.40. The van der Waals surface area contributed by atoms with Gasteiger partial charge < -0.3 is 4.74 Å². The van der Waals surface area contributed by atoms with Crippen molar-refractivity contribution in [2.45, 2.75) is 6.18 Å². The van der Waals surface area contributed by atoms with Crippen molar-refractivity contribution in [1.82, 2.24) is 0 Å². The van der Waals surface area contributed by atoms with E-state index in [-0.39, 0.29) is 6.54 Å². The van der Waals surface area contributed by atoms with E-state index < -0.39 is 12.1 Å². The molecule has 9 heavy (non-hydrogen) atoms. The number of hydrogen-bond acceptors (Lipinski definition) is 2. The molecule has 0 amide bonds. The lowest BCUT2D eigenvalue weighted by atomic mass is 10.6. The molecule has 0 aliphatic carbocycles. The zero-order valence-corrected chi connectivity index (χ0v) is 4.20. The van der Waals surface area contributed by atoms with Gasteiger partial charge in [0, 0.05) is 0 Å². The maximum absolute atomic E-state index is 11.5. The number of rotatable bonds is 0. The molecule has 2 radical (unpaired) electrons. The third-order valence-electron chi connectivity index (χ3n) is 0.699. The topological polar surface area (TPSA) is 21.6 Å². The van der Waals surface area contributed by atoms with Gasteiger partial charge in [-0.1, -0.05) is 0 Å². The van der Waals surface area contributed by atoms with Crippen molar-refractivity contribution < 1.29 is 17.9 Å². The highest BCUT2D eigenvalue weighted by Crippen LogP contribution is 2.21. The fraction of sp³-hybridized carbons (Fsp3) is 0.500. The van der Waals surface area contributed by atoms with Gasteiger partial charge in [0.1, 0.15) is 0 Å². The van der Waals surface area contributed by atoms with E-state index in [1.807, 2.05) is 6.61 Å². The Labute approximate surface area is 49.3 Å². The van der Waals surface area contributed by atoms with Crippen LogP contribution in [0, 0.1) is 6.61 Å². The van der Waals surface area contributed by atoms with E-state index >= 15 is 0 Å². The van der Waals surface area contributed by atoms with Gasteiger partial charge in [0.15, 0.2) is 0 Å². The zero-order chi connectivity index (χ0) is 6.91. The van der Waals surface area contributed by atoms with Crippen molar-refractivity contribution in [2.75, 3.05) is 6.54 Å². The number of hydrogen-bond donors (Lipinski definition) is 0. The Kier molecular flexibility index (Phi) is 1.34. The van der Waals surface area contributed by atoms with Crippen LogP contribution in [0.1, 0.15) is 0 Å². The van der Waals surface area contributed by atoms with Gasteiger partial charge in [-0.2, -0.15) is 13.2 Å². The minimum Gasteiger partial charge on any atom is -0.457 e. The highest BCUT2D eigenvalue weighted by atomic mass is 19.4. The van der Waals surface area contributed by atoms with Crippen LogP contribution in [0.2, 0.25) is 0 Å². The lowest BCUT2D eigenvalue weighted by molar-refractivity contribution is -0.0733. The van der Waals surface area contributed by atoms with E-state index in [4.69, 9.17) is 0 Å². The van der Waals surface area contributed by atoms with Crippen LogP contribution in [-0.2, 0) is 4.74 Å². The molecule has 0 aromatic rings. The second-order valence-corrected chi connectivity index (χ2v) is 1.37. The maximum atomic E-state index is 11.5. The van der Waals surface area contributed by atoms with E-state index in [9.17, 15) is 13.2 Å². The number of aliphatic imine (C=N–C) groups is 1. The van der Waals surface area contributed by atoms with Crippen LogP contribution in [0.3, 0.4) is 0 Å². The van der Waals surface area contributed by atoms with Crippen molar-refractivity contribution in [3.8, 4) is 0 Å². The fourth-order valence-corrected chi connectivity index (χ4v) is 0.384. The zero-order valence-electron chi connectivity index (χ0n) is 4.20. The van der Waals surface area contributed by atoms with E-state index in [1.165, 1.54) is 0 Å². The number of ether oxygens (including phenoxy) is 1. The number of nitrogens with zero attached hydrogens (tertiary/aromatic N) is 1. The predicted molar refractivity (Wildman–Crippen MR) is 22.7 cm³/mol. The average molecular weight is 137 g/mol. The summed E-state index contributed by atoms with van der Waals surface area (Å²) in [4.78, 5) is 2.97. The molecule has 0 bridgehead atoms. The third-order valence-corrected chi connectivity index (χ3v) is 0.699. The summed E-state index contributed by atoms with van der Waals surface area (Å²) in [6.07, 6.45) is -4.45. The smallest absolute Gasteiger partial charge is 0.457 e. The molecule has 1 aliphatic rings. The Bertz CT molecular complexity index is 139. The van der Waals surface area contributed by atoms with Gasteiger partial charge in [-0.25, -0.2) is 4.99 Å². The molecule has 2 nitrogen and oxygen atoms in total. The summed E-state index contributed by atoms with van der Waals surface area (Å²) < 4.78 is 38.3. The highest BCUT2D eigenvalue weighted by molar-refractivity contribution is 5.83. The van der Waals surface area contributed by atoms with Crippen LogP contribution in [0.25, 0.3) is 0 Å². The lowest BCUT2D eigenvalue weighted by Crippen LogP contribution is -2.22. The molecule has 50 valence electrons. The molecule has 5 heteroatoms. The molecule has 0 saturated carbocycles. The van der Waals surface area contributed by atoms with Crippen LogP contribution >= 0.6 is 0 Å². The molecule has 1 rings (SSSR count). The van der Waals surface area contributed by atoms with Crippen LogP contribution < -0.4 is 0 Å². The van der Waals surface area contributed by atoms with Crippen LogP contribution in [0.15, 0.2) is 4.99 Å². The molecule has 0 spiro atoms. The Morgan fingerprint density at radius 1 is 1.56 bits per heavy atom. The first-order chi connectivity index (χ1) is 4.11. The van der Waals surface area contributed by atoms with Crippen molar-refractivity contribution in [3.05, 3.63) is 6.61 Å². The first-order valence-corrected chi connectivity index (χ1v) is 2.12. The van der Waals surface area contributed by atoms with Gasteiger partial charge in [0.05, 0.1) is 6.54 Å². The van der Waals surface area contributed by atoms with Gasteiger partial charge >= 0.3 is 6.18 Å². The second kappa shape index (κ2) is 1.89. The van der Waals surface area contributed by atoms with Crippen LogP contribution in [-0.4, -0.2) is 18.6 Å². The van der Waals surface area contributed by atoms with E-state index in [0.717, 1.165) is 0 Å². The summed E-state index contributed by atoms with van der Waals surface area (Å²) in [6, 6.07) is 0. The van der Waals surface area contributed by atoms with Gasteiger partial charge in [-0.15, -0.1) is 0 Å². The van der Waals surface area contributed by atoms with E-state index in [0.29, 0.717) is 0 Å². The van der Waals surface area contributed by atoms with Gasteiger partial charge in [0.25, 0.3) is 5.90 Å². The standard InChI is InChI=1S/C4H2F3NO/c5-4(6,7)3-8-1-2-9-3/h1H2. The summed E-state index contributed by atoms with van der Waals surface area (Å²) in [6.45, 7) is 1.83. The summed E-state index contributed by atoms with van der Waals surface area (Å²) in [5.74, 6) is -1.21. The quantitative estimate of drug-likeness (QED) is 0.488. The summed E-state index contributed by atoms with van der Waals surface area (Å²) in [5.41, 5.74) is 0. The molecule has 0 aromatic heterocycles. The van der Waals surface area contributed by atoms with Gasteiger partial charge in [-0.3, -0.25) is 0 Å². The largest absolute Gasteiger partial charge is 0.468 e. The number of alkyl halides is 3. The predicted octanol–water partition coefficient (Wildman–Crippen LogP) is 1.02. The van der Waals surface area contributed by atoms with Gasteiger partial charge in [-0.05, 0) is 0 Å². The SMILES string of the molecule is FC(F)(F)C1=NC[C]O1. The lowest BCUT2D eigenvalue weighted by Gasteiger charge is -2.02. The third kappa shape index (κ3) is 1.34. The summed E-state index contributed by atoms with van der Waals surface area (Å²) in [7, 11) is 0. The summed E-state index contributed by atoms with van der Waals surface area (Å²) >= 11 is 0. The Morgan fingerprint density at radius 2 is 2.22 bits per heavy atom. The average Bonchev–Trinajstić information content (AvgIpc) is 2.08.